The lowest BCUT2D eigenvalue weighted by atomic mass is 10.1. The molecule has 0 atom stereocenters. The highest BCUT2D eigenvalue weighted by atomic mass is 16.5. The number of hydrogen-bond donors (Lipinski definition) is 1. The van der Waals surface area contributed by atoms with Crippen LogP contribution in [-0.4, -0.2) is 55.3 Å². The predicted molar refractivity (Wildman–Crippen MR) is 99.6 cm³/mol. The zero-order valence-corrected chi connectivity index (χ0v) is 15.4. The Balaban J connectivity index is 1.99. The minimum atomic E-state index is -1.07. The molecule has 27 heavy (non-hydrogen) atoms. The first-order valence-corrected chi connectivity index (χ1v) is 8.56. The van der Waals surface area contributed by atoms with E-state index >= 15 is 0 Å². The molecule has 144 valence electrons. The molecule has 0 aliphatic carbocycles. The number of carbonyl (C=O) groups excluding carboxylic acids is 1. The van der Waals surface area contributed by atoms with Gasteiger partial charge in [0.2, 0.25) is 0 Å². The molecule has 0 aromatic heterocycles. The van der Waals surface area contributed by atoms with E-state index in [9.17, 15) is 9.59 Å². The van der Waals surface area contributed by atoms with Gasteiger partial charge in [0.25, 0.3) is 5.91 Å². The summed E-state index contributed by atoms with van der Waals surface area (Å²) in [5.41, 5.74) is 0.329. The van der Waals surface area contributed by atoms with Gasteiger partial charge in [-0.15, -0.1) is 0 Å². The molecule has 0 spiro atoms. The fourth-order valence-electron chi connectivity index (χ4n) is 2.35. The third-order valence-electron chi connectivity index (χ3n) is 3.56. The van der Waals surface area contributed by atoms with Gasteiger partial charge in [0.1, 0.15) is 25.5 Å². The Morgan fingerprint density at radius 3 is 2.33 bits per heavy atom. The topological polar surface area (TPSA) is 85.3 Å². The van der Waals surface area contributed by atoms with Crippen LogP contribution in [0.15, 0.2) is 48.5 Å². The van der Waals surface area contributed by atoms with Crippen molar-refractivity contribution in [3.8, 4) is 17.2 Å². The van der Waals surface area contributed by atoms with Crippen molar-refractivity contribution < 1.29 is 28.9 Å². The molecule has 0 aliphatic heterocycles. The fraction of sp³-hybridized carbons (Fsp3) is 0.300. The van der Waals surface area contributed by atoms with Crippen molar-refractivity contribution >= 4 is 11.9 Å². The first-order valence-electron chi connectivity index (χ1n) is 8.56. The predicted octanol–water partition coefficient (Wildman–Crippen LogP) is 2.70. The number of amides is 1. The fourth-order valence-corrected chi connectivity index (χ4v) is 2.35. The van der Waals surface area contributed by atoms with Gasteiger partial charge in [-0.2, -0.15) is 0 Å². The molecule has 2 aromatic rings. The SMILES string of the molecule is CCOc1cc(C(=O)N(C)CC(=O)O)ccc1OCCOc1ccccc1. The number of likely N-dealkylation sites (N-methyl/N-ethyl adjacent to an activating group) is 1. The largest absolute Gasteiger partial charge is 0.490 e. The second-order valence-electron chi connectivity index (χ2n) is 5.66. The van der Waals surface area contributed by atoms with E-state index in [0.717, 1.165) is 10.6 Å². The summed E-state index contributed by atoms with van der Waals surface area (Å²) in [4.78, 5) is 24.2. The van der Waals surface area contributed by atoms with Crippen LogP contribution in [0.4, 0.5) is 0 Å². The molecule has 7 nitrogen and oxygen atoms in total. The van der Waals surface area contributed by atoms with E-state index in [1.54, 1.807) is 18.2 Å². The number of ether oxygens (including phenoxy) is 3. The van der Waals surface area contributed by atoms with Crippen molar-refractivity contribution in [3.05, 3.63) is 54.1 Å². The second-order valence-corrected chi connectivity index (χ2v) is 5.66. The Kier molecular flexibility index (Phi) is 7.49. The number of para-hydroxylation sites is 1. The van der Waals surface area contributed by atoms with E-state index in [-0.39, 0.29) is 6.54 Å². The van der Waals surface area contributed by atoms with Crippen LogP contribution in [0.5, 0.6) is 17.2 Å². The number of nitrogens with zero attached hydrogens (tertiary/aromatic N) is 1. The molecule has 2 aromatic carbocycles. The lowest BCUT2D eigenvalue weighted by Crippen LogP contribution is -2.31. The van der Waals surface area contributed by atoms with Crippen molar-refractivity contribution in [1.82, 2.24) is 4.90 Å². The number of carboxylic acids is 1. The van der Waals surface area contributed by atoms with Crippen molar-refractivity contribution in [1.29, 1.82) is 0 Å². The Labute approximate surface area is 158 Å². The van der Waals surface area contributed by atoms with Gasteiger partial charge in [-0.05, 0) is 37.3 Å². The van der Waals surface area contributed by atoms with E-state index in [1.165, 1.54) is 7.05 Å². The molecule has 0 fully saturated rings. The average Bonchev–Trinajstić information content (AvgIpc) is 2.66. The Morgan fingerprint density at radius 1 is 0.963 bits per heavy atom. The highest BCUT2D eigenvalue weighted by Gasteiger charge is 2.17. The molecule has 0 heterocycles. The molecular weight excluding hydrogens is 350 g/mol. The zero-order valence-electron chi connectivity index (χ0n) is 15.4. The van der Waals surface area contributed by atoms with Gasteiger partial charge in [0.05, 0.1) is 6.61 Å². The maximum Gasteiger partial charge on any atom is 0.323 e. The lowest BCUT2D eigenvalue weighted by molar-refractivity contribution is -0.137. The number of rotatable bonds is 10. The van der Waals surface area contributed by atoms with Crippen LogP contribution in [0.3, 0.4) is 0 Å². The zero-order chi connectivity index (χ0) is 19.6. The second kappa shape index (κ2) is 10.1. The van der Waals surface area contributed by atoms with Crippen molar-refractivity contribution in [2.45, 2.75) is 6.92 Å². The van der Waals surface area contributed by atoms with Gasteiger partial charge in [0.15, 0.2) is 11.5 Å². The molecule has 0 unspecified atom stereocenters. The first-order chi connectivity index (χ1) is 13.0. The van der Waals surface area contributed by atoms with E-state index in [0.29, 0.717) is 36.9 Å². The van der Waals surface area contributed by atoms with Crippen LogP contribution in [0.25, 0.3) is 0 Å². The van der Waals surface area contributed by atoms with Crippen LogP contribution in [-0.2, 0) is 4.79 Å². The van der Waals surface area contributed by atoms with Crippen LogP contribution >= 0.6 is 0 Å². The summed E-state index contributed by atoms with van der Waals surface area (Å²) in [7, 11) is 1.43. The van der Waals surface area contributed by atoms with Gasteiger partial charge < -0.3 is 24.2 Å². The summed E-state index contributed by atoms with van der Waals surface area (Å²) in [5, 5.41) is 8.82. The van der Waals surface area contributed by atoms with Crippen LogP contribution in [0.1, 0.15) is 17.3 Å². The minimum Gasteiger partial charge on any atom is -0.490 e. The molecule has 2 rings (SSSR count). The van der Waals surface area contributed by atoms with Crippen molar-refractivity contribution in [3.63, 3.8) is 0 Å². The molecule has 0 radical (unpaired) electrons. The van der Waals surface area contributed by atoms with E-state index in [1.807, 2.05) is 37.3 Å². The number of benzene rings is 2. The number of aliphatic carboxylic acids is 1. The van der Waals surface area contributed by atoms with Gasteiger partial charge in [-0.3, -0.25) is 9.59 Å². The highest BCUT2D eigenvalue weighted by molar-refractivity contribution is 5.96. The smallest absolute Gasteiger partial charge is 0.323 e. The van der Waals surface area contributed by atoms with Crippen molar-refractivity contribution in [2.24, 2.45) is 0 Å². The van der Waals surface area contributed by atoms with Crippen LogP contribution in [0, 0.1) is 0 Å². The standard InChI is InChI=1S/C20H23NO6/c1-3-25-18-13-15(20(24)21(2)14-19(22)23)9-10-17(18)27-12-11-26-16-7-5-4-6-8-16/h4-10,13H,3,11-12,14H2,1-2H3,(H,22,23). The molecule has 0 aliphatic rings. The number of hydrogen-bond acceptors (Lipinski definition) is 5. The lowest BCUT2D eigenvalue weighted by Gasteiger charge is -2.17. The van der Waals surface area contributed by atoms with Gasteiger partial charge in [-0.1, -0.05) is 18.2 Å². The van der Waals surface area contributed by atoms with Gasteiger partial charge >= 0.3 is 5.97 Å². The van der Waals surface area contributed by atoms with Gasteiger partial charge in [0, 0.05) is 12.6 Å². The Morgan fingerprint density at radius 2 is 1.67 bits per heavy atom. The third kappa shape index (κ3) is 6.22. The first kappa shape index (κ1) is 20.1. The molecule has 0 bridgehead atoms. The molecule has 0 saturated carbocycles. The normalized spacial score (nSPS) is 10.1. The van der Waals surface area contributed by atoms with Crippen molar-refractivity contribution in [2.75, 3.05) is 33.4 Å². The maximum absolute atomic E-state index is 12.3. The highest BCUT2D eigenvalue weighted by Crippen LogP contribution is 2.29. The Bertz CT molecular complexity index is 762. The minimum absolute atomic E-state index is 0.307. The molecular formula is C20H23NO6. The van der Waals surface area contributed by atoms with E-state index < -0.39 is 11.9 Å². The monoisotopic (exact) mass is 373 g/mol. The molecule has 1 N–H and O–H groups in total. The Hall–Kier alpha value is -3.22. The summed E-state index contributed by atoms with van der Waals surface area (Å²) in [6.07, 6.45) is 0. The molecule has 0 saturated heterocycles. The number of carboxylic acid groups (broad SMARTS) is 1. The maximum atomic E-state index is 12.3. The van der Waals surface area contributed by atoms with E-state index in [4.69, 9.17) is 19.3 Å². The summed E-state index contributed by atoms with van der Waals surface area (Å²) >= 11 is 0. The van der Waals surface area contributed by atoms with Gasteiger partial charge in [-0.25, -0.2) is 0 Å². The van der Waals surface area contributed by atoms with E-state index in [2.05, 4.69) is 0 Å². The number of carbonyl (C=O) groups is 2. The summed E-state index contributed by atoms with van der Waals surface area (Å²) in [6.45, 7) is 2.52. The summed E-state index contributed by atoms with van der Waals surface area (Å²) in [5.74, 6) is 0.192. The third-order valence-corrected chi connectivity index (χ3v) is 3.56. The molecule has 1 amide bonds. The van der Waals surface area contributed by atoms with Crippen LogP contribution in [0.2, 0.25) is 0 Å². The molecule has 7 heteroatoms. The van der Waals surface area contributed by atoms with Crippen LogP contribution < -0.4 is 14.2 Å². The quantitative estimate of drug-likeness (QED) is 0.645. The summed E-state index contributed by atoms with van der Waals surface area (Å²) < 4.78 is 16.8. The average molecular weight is 373 g/mol. The summed E-state index contributed by atoms with van der Waals surface area (Å²) in [6, 6.07) is 14.2.